The first-order valence-corrected chi connectivity index (χ1v) is 11.9. The minimum Gasteiger partial charge on any atom is -0.455 e. The molecule has 2 atom stereocenters. The Kier molecular flexibility index (Phi) is 6.22. The fourth-order valence-electron chi connectivity index (χ4n) is 4.18. The molecule has 1 fully saturated rings. The molecule has 34 heavy (non-hydrogen) atoms. The van der Waals surface area contributed by atoms with E-state index in [0.29, 0.717) is 12.3 Å². The highest BCUT2D eigenvalue weighted by Crippen LogP contribution is 2.42. The molecule has 2 aromatic carbocycles. The number of hydrogen-bond acceptors (Lipinski definition) is 7. The molecule has 1 aliphatic rings. The van der Waals surface area contributed by atoms with E-state index in [0.717, 1.165) is 21.7 Å². The fraction of sp³-hybridized carbons (Fsp3) is 0.231. The lowest BCUT2D eigenvalue weighted by Gasteiger charge is -2.39. The molecule has 0 unspecified atom stereocenters. The lowest BCUT2D eigenvalue weighted by Crippen LogP contribution is -2.45. The van der Waals surface area contributed by atoms with Gasteiger partial charge < -0.3 is 14.1 Å². The van der Waals surface area contributed by atoms with Gasteiger partial charge in [0.05, 0.1) is 12.0 Å². The van der Waals surface area contributed by atoms with E-state index in [1.165, 1.54) is 11.3 Å². The maximum absolute atomic E-state index is 13.2. The van der Waals surface area contributed by atoms with Gasteiger partial charge in [-0.15, -0.1) is 21.5 Å². The Hall–Kier alpha value is -3.78. The van der Waals surface area contributed by atoms with Crippen LogP contribution in [0.1, 0.15) is 35.2 Å². The summed E-state index contributed by atoms with van der Waals surface area (Å²) < 4.78 is 11.3. The van der Waals surface area contributed by atoms with Gasteiger partial charge in [0.15, 0.2) is 6.61 Å². The third-order valence-electron chi connectivity index (χ3n) is 5.87. The van der Waals surface area contributed by atoms with Crippen molar-refractivity contribution in [2.24, 2.45) is 5.92 Å². The molecular weight excluding hydrogens is 450 g/mol. The molecule has 172 valence electrons. The van der Waals surface area contributed by atoms with Gasteiger partial charge in [-0.1, -0.05) is 42.0 Å². The maximum atomic E-state index is 13.2. The Bertz CT molecular complexity index is 1270. The first-order valence-electron chi connectivity index (χ1n) is 11.1. The lowest BCUT2D eigenvalue weighted by molar-refractivity contribution is -0.152. The summed E-state index contributed by atoms with van der Waals surface area (Å²) >= 11 is 1.53. The summed E-state index contributed by atoms with van der Waals surface area (Å²) in [5, 5.41) is 10.00. The van der Waals surface area contributed by atoms with Crippen molar-refractivity contribution in [3.8, 4) is 11.5 Å². The normalized spacial score (nSPS) is 18.1. The first-order chi connectivity index (χ1) is 16.6. The van der Waals surface area contributed by atoms with Crippen LogP contribution in [-0.2, 0) is 20.9 Å². The van der Waals surface area contributed by atoms with Gasteiger partial charge in [-0.05, 0) is 49.1 Å². The van der Waals surface area contributed by atoms with E-state index in [-0.39, 0.29) is 30.8 Å². The van der Waals surface area contributed by atoms with Gasteiger partial charge in [0.2, 0.25) is 11.8 Å². The molecule has 3 heterocycles. The van der Waals surface area contributed by atoms with Crippen LogP contribution >= 0.6 is 11.3 Å². The Balaban J connectivity index is 1.36. The van der Waals surface area contributed by atoms with Crippen LogP contribution in [0.15, 0.2) is 76.5 Å². The fourth-order valence-corrected chi connectivity index (χ4v) is 5.06. The molecular formula is C26H23N3O4S. The average molecular weight is 474 g/mol. The van der Waals surface area contributed by atoms with Crippen LogP contribution in [0.5, 0.6) is 0 Å². The van der Waals surface area contributed by atoms with E-state index in [1.54, 1.807) is 4.90 Å². The van der Waals surface area contributed by atoms with Crippen LogP contribution in [0.25, 0.3) is 11.5 Å². The number of piperidine rings is 1. The molecule has 1 amide bonds. The van der Waals surface area contributed by atoms with Crippen LogP contribution in [0, 0.1) is 12.8 Å². The number of amides is 1. The third kappa shape index (κ3) is 4.49. The van der Waals surface area contributed by atoms with Gasteiger partial charge in [-0.2, -0.15) is 0 Å². The lowest BCUT2D eigenvalue weighted by atomic mass is 9.87. The van der Waals surface area contributed by atoms with Crippen molar-refractivity contribution in [2.45, 2.75) is 32.4 Å². The predicted molar refractivity (Wildman–Crippen MR) is 128 cm³/mol. The van der Waals surface area contributed by atoms with E-state index in [2.05, 4.69) is 10.2 Å². The molecule has 2 aromatic heterocycles. The van der Waals surface area contributed by atoms with Crippen molar-refractivity contribution in [1.29, 1.82) is 0 Å². The molecule has 0 N–H and O–H groups in total. The van der Waals surface area contributed by atoms with E-state index in [4.69, 9.17) is 9.15 Å². The number of benzene rings is 2. The molecule has 0 radical (unpaired) electrons. The number of hydrogen-bond donors (Lipinski definition) is 0. The maximum Gasteiger partial charge on any atom is 0.311 e. The summed E-state index contributed by atoms with van der Waals surface area (Å²) in [7, 11) is 0. The quantitative estimate of drug-likeness (QED) is 0.352. The number of carbonyl (C=O) groups is 2. The standard InChI is InChI=1S/C26H23N3O4S/c1-17-9-11-19(12-10-17)29-23(30)14-13-20(24(29)21-8-5-15-34-21)26(31)32-16-22-27-28-25(33-22)18-6-3-2-4-7-18/h2-12,15,20,24H,13-14,16H2,1H3/t20-,24+/m0/s1. The Labute approximate surface area is 201 Å². The Morgan fingerprint density at radius 1 is 1.09 bits per heavy atom. The van der Waals surface area contributed by atoms with Crippen molar-refractivity contribution in [3.63, 3.8) is 0 Å². The summed E-state index contributed by atoms with van der Waals surface area (Å²) in [5.41, 5.74) is 2.67. The Morgan fingerprint density at radius 2 is 1.88 bits per heavy atom. The van der Waals surface area contributed by atoms with Crippen LogP contribution in [0.3, 0.4) is 0 Å². The van der Waals surface area contributed by atoms with Crippen molar-refractivity contribution in [1.82, 2.24) is 10.2 Å². The minimum atomic E-state index is -0.505. The average Bonchev–Trinajstić information content (AvgIpc) is 3.56. The van der Waals surface area contributed by atoms with Gasteiger partial charge in [0.1, 0.15) is 0 Å². The van der Waals surface area contributed by atoms with E-state index in [9.17, 15) is 9.59 Å². The smallest absolute Gasteiger partial charge is 0.311 e. The zero-order valence-corrected chi connectivity index (χ0v) is 19.4. The number of nitrogens with zero attached hydrogens (tertiary/aromatic N) is 3. The van der Waals surface area contributed by atoms with Gasteiger partial charge in [-0.25, -0.2) is 0 Å². The molecule has 1 saturated heterocycles. The predicted octanol–water partition coefficient (Wildman–Crippen LogP) is 5.33. The van der Waals surface area contributed by atoms with Crippen molar-refractivity contribution in [2.75, 3.05) is 4.90 Å². The number of thiophene rings is 1. The summed E-state index contributed by atoms with van der Waals surface area (Å²) in [6.45, 7) is 1.88. The van der Waals surface area contributed by atoms with Crippen molar-refractivity contribution >= 4 is 28.9 Å². The molecule has 0 saturated carbocycles. The van der Waals surface area contributed by atoms with Gasteiger partial charge in [0, 0.05) is 22.5 Å². The van der Waals surface area contributed by atoms with Gasteiger partial charge in [0.25, 0.3) is 5.89 Å². The van der Waals surface area contributed by atoms with Crippen molar-refractivity contribution in [3.05, 3.63) is 88.4 Å². The molecule has 7 nitrogen and oxygen atoms in total. The zero-order valence-electron chi connectivity index (χ0n) is 18.6. The van der Waals surface area contributed by atoms with Gasteiger partial charge >= 0.3 is 5.97 Å². The molecule has 0 aliphatic carbocycles. The summed E-state index contributed by atoms with van der Waals surface area (Å²) in [6.07, 6.45) is 0.690. The number of esters is 1. The second-order valence-electron chi connectivity index (χ2n) is 8.18. The molecule has 5 rings (SSSR count). The largest absolute Gasteiger partial charge is 0.455 e. The number of carbonyl (C=O) groups excluding carboxylic acids is 2. The molecule has 8 heteroatoms. The topological polar surface area (TPSA) is 85.5 Å². The van der Waals surface area contributed by atoms with Crippen LogP contribution in [0.2, 0.25) is 0 Å². The van der Waals surface area contributed by atoms with Crippen LogP contribution in [-0.4, -0.2) is 22.1 Å². The van der Waals surface area contributed by atoms with E-state index in [1.807, 2.05) is 79.0 Å². The second kappa shape index (κ2) is 9.61. The van der Waals surface area contributed by atoms with E-state index >= 15 is 0 Å². The van der Waals surface area contributed by atoms with Crippen molar-refractivity contribution < 1.29 is 18.7 Å². The molecule has 0 spiro atoms. The SMILES string of the molecule is Cc1ccc(N2C(=O)CC[C@H](C(=O)OCc3nnc(-c4ccccc4)o3)[C@@H]2c2cccs2)cc1. The first kappa shape index (κ1) is 22.0. The number of aryl methyl sites for hydroxylation is 1. The van der Waals surface area contributed by atoms with E-state index < -0.39 is 12.0 Å². The summed E-state index contributed by atoms with van der Waals surface area (Å²) in [4.78, 5) is 28.9. The molecule has 1 aliphatic heterocycles. The zero-order chi connectivity index (χ0) is 23.5. The number of anilines is 1. The second-order valence-corrected chi connectivity index (χ2v) is 9.16. The number of ether oxygens (including phenoxy) is 1. The highest BCUT2D eigenvalue weighted by atomic mass is 32.1. The molecule has 0 bridgehead atoms. The third-order valence-corrected chi connectivity index (χ3v) is 6.82. The highest BCUT2D eigenvalue weighted by molar-refractivity contribution is 7.10. The minimum absolute atomic E-state index is 0.00397. The highest BCUT2D eigenvalue weighted by Gasteiger charge is 2.43. The van der Waals surface area contributed by atoms with Crippen LogP contribution in [0.4, 0.5) is 5.69 Å². The number of aromatic nitrogens is 2. The number of rotatable bonds is 6. The summed E-state index contributed by atoms with van der Waals surface area (Å²) in [6, 6.07) is 20.6. The molecule has 4 aromatic rings. The Morgan fingerprint density at radius 3 is 2.62 bits per heavy atom. The monoisotopic (exact) mass is 473 g/mol. The van der Waals surface area contributed by atoms with Gasteiger partial charge in [-0.3, -0.25) is 9.59 Å². The van der Waals surface area contributed by atoms with Crippen LogP contribution < -0.4 is 4.90 Å². The summed E-state index contributed by atoms with van der Waals surface area (Å²) in [5.74, 6) is -0.300.